The molecule has 1 saturated heterocycles. The van der Waals surface area contributed by atoms with Gasteiger partial charge in [-0.25, -0.2) is 4.39 Å². The Kier molecular flexibility index (Phi) is 5.27. The molecule has 0 unspecified atom stereocenters. The Balaban J connectivity index is 1.70. The summed E-state index contributed by atoms with van der Waals surface area (Å²) in [7, 11) is 1.65. The number of piperidine rings is 1. The Bertz CT molecular complexity index is 1260. The molecule has 0 spiro atoms. The standard InChI is InChI=1S/C25H26FN5O/c1-15-9-17(11-18(26)10-15)21-14-28-30-24(25(21)31-7-5-19(27)6-8-31)23-12-16-3-4-20(32-2)13-22(16)29-23/h3-4,9-14,19,29H,5-8,27H2,1-2H3. The first kappa shape index (κ1) is 20.5. The van der Waals surface area contributed by atoms with Crippen molar-refractivity contribution in [2.45, 2.75) is 25.8 Å². The summed E-state index contributed by atoms with van der Waals surface area (Å²) in [5.41, 5.74) is 12.2. The van der Waals surface area contributed by atoms with Crippen LogP contribution in [-0.2, 0) is 0 Å². The van der Waals surface area contributed by atoms with Gasteiger partial charge in [-0.05, 0) is 61.2 Å². The number of benzene rings is 2. The zero-order valence-electron chi connectivity index (χ0n) is 18.2. The maximum absolute atomic E-state index is 14.3. The van der Waals surface area contributed by atoms with E-state index in [0.717, 1.165) is 76.3 Å². The van der Waals surface area contributed by atoms with Crippen molar-refractivity contribution in [3.63, 3.8) is 0 Å². The van der Waals surface area contributed by atoms with Crippen LogP contribution in [0.15, 0.2) is 48.7 Å². The molecule has 5 rings (SSSR count). The van der Waals surface area contributed by atoms with Gasteiger partial charge in [0.15, 0.2) is 0 Å². The summed E-state index contributed by atoms with van der Waals surface area (Å²) in [6, 6.07) is 13.3. The summed E-state index contributed by atoms with van der Waals surface area (Å²) >= 11 is 0. The van der Waals surface area contributed by atoms with E-state index in [0.29, 0.717) is 0 Å². The summed E-state index contributed by atoms with van der Waals surface area (Å²) in [4.78, 5) is 5.77. The molecule has 4 aromatic rings. The number of fused-ring (bicyclic) bond motifs is 1. The maximum Gasteiger partial charge on any atom is 0.133 e. The molecular weight excluding hydrogens is 405 g/mol. The smallest absolute Gasteiger partial charge is 0.133 e. The average Bonchev–Trinajstić information content (AvgIpc) is 3.21. The van der Waals surface area contributed by atoms with E-state index in [1.54, 1.807) is 19.4 Å². The number of hydrogen-bond acceptors (Lipinski definition) is 5. The van der Waals surface area contributed by atoms with Crippen molar-refractivity contribution in [1.82, 2.24) is 15.2 Å². The molecule has 0 radical (unpaired) electrons. The highest BCUT2D eigenvalue weighted by Crippen LogP contribution is 2.40. The number of anilines is 1. The highest BCUT2D eigenvalue weighted by molar-refractivity contribution is 5.92. The number of rotatable bonds is 4. The maximum atomic E-state index is 14.3. The van der Waals surface area contributed by atoms with Crippen LogP contribution in [0, 0.1) is 12.7 Å². The van der Waals surface area contributed by atoms with Crippen molar-refractivity contribution >= 4 is 16.6 Å². The van der Waals surface area contributed by atoms with E-state index in [9.17, 15) is 4.39 Å². The third-order valence-electron chi connectivity index (χ3n) is 6.12. The van der Waals surface area contributed by atoms with E-state index in [1.165, 1.54) is 6.07 Å². The van der Waals surface area contributed by atoms with Crippen LogP contribution in [-0.4, -0.2) is 41.4 Å². The molecular formula is C25H26FN5O. The lowest BCUT2D eigenvalue weighted by Gasteiger charge is -2.34. The van der Waals surface area contributed by atoms with Gasteiger partial charge >= 0.3 is 0 Å². The number of methoxy groups -OCH3 is 1. The highest BCUT2D eigenvalue weighted by atomic mass is 19.1. The number of nitrogens with one attached hydrogen (secondary N) is 1. The Labute approximate surface area is 186 Å². The van der Waals surface area contributed by atoms with Crippen LogP contribution in [0.5, 0.6) is 5.75 Å². The van der Waals surface area contributed by atoms with Gasteiger partial charge in [0.05, 0.1) is 24.7 Å². The molecule has 0 bridgehead atoms. The molecule has 0 amide bonds. The van der Waals surface area contributed by atoms with Crippen molar-refractivity contribution in [3.8, 4) is 28.3 Å². The van der Waals surface area contributed by atoms with Gasteiger partial charge in [-0.3, -0.25) is 0 Å². The Morgan fingerprint density at radius 3 is 2.69 bits per heavy atom. The van der Waals surface area contributed by atoms with Gasteiger partial charge in [-0.15, -0.1) is 5.10 Å². The highest BCUT2D eigenvalue weighted by Gasteiger charge is 2.25. The minimum absolute atomic E-state index is 0.199. The van der Waals surface area contributed by atoms with Crippen LogP contribution >= 0.6 is 0 Å². The molecule has 3 N–H and O–H groups in total. The second kappa shape index (κ2) is 8.24. The summed E-state index contributed by atoms with van der Waals surface area (Å²) in [6.45, 7) is 3.52. The lowest BCUT2D eigenvalue weighted by atomic mass is 9.98. The number of nitrogens with two attached hydrogens (primary N) is 1. The summed E-state index contributed by atoms with van der Waals surface area (Å²) in [5.74, 6) is 0.522. The number of ether oxygens (including phenoxy) is 1. The molecule has 1 fully saturated rings. The van der Waals surface area contributed by atoms with Crippen LogP contribution in [0.25, 0.3) is 33.4 Å². The molecule has 2 aromatic heterocycles. The first-order valence-corrected chi connectivity index (χ1v) is 10.8. The topological polar surface area (TPSA) is 80.1 Å². The molecule has 2 aromatic carbocycles. The van der Waals surface area contributed by atoms with Crippen molar-refractivity contribution < 1.29 is 9.13 Å². The predicted molar refractivity (Wildman–Crippen MR) is 125 cm³/mol. The summed E-state index contributed by atoms with van der Waals surface area (Å²) in [6.07, 6.45) is 3.52. The van der Waals surface area contributed by atoms with E-state index >= 15 is 0 Å². The zero-order valence-corrected chi connectivity index (χ0v) is 18.2. The van der Waals surface area contributed by atoms with Gasteiger partial charge in [0.1, 0.15) is 17.3 Å². The van der Waals surface area contributed by atoms with Gasteiger partial charge in [-0.2, -0.15) is 5.10 Å². The second-order valence-corrected chi connectivity index (χ2v) is 8.43. The van der Waals surface area contributed by atoms with Gasteiger partial charge < -0.3 is 20.4 Å². The molecule has 1 aliphatic rings. The number of aromatic amines is 1. The summed E-state index contributed by atoms with van der Waals surface area (Å²) in [5, 5.41) is 9.89. The minimum Gasteiger partial charge on any atom is -0.497 e. The Morgan fingerprint density at radius 1 is 1.12 bits per heavy atom. The second-order valence-electron chi connectivity index (χ2n) is 8.43. The van der Waals surface area contributed by atoms with Gasteiger partial charge in [0.25, 0.3) is 0 Å². The number of halogens is 1. The van der Waals surface area contributed by atoms with E-state index in [-0.39, 0.29) is 11.9 Å². The number of aromatic nitrogens is 3. The van der Waals surface area contributed by atoms with Crippen LogP contribution in [0.3, 0.4) is 0 Å². The largest absolute Gasteiger partial charge is 0.497 e. The van der Waals surface area contributed by atoms with Crippen molar-refractivity contribution in [2.75, 3.05) is 25.1 Å². The average molecular weight is 432 g/mol. The molecule has 164 valence electrons. The zero-order chi connectivity index (χ0) is 22.2. The monoisotopic (exact) mass is 431 g/mol. The van der Waals surface area contributed by atoms with Crippen molar-refractivity contribution in [2.24, 2.45) is 5.73 Å². The lowest BCUT2D eigenvalue weighted by molar-refractivity contribution is 0.415. The fraction of sp³-hybridized carbons (Fsp3) is 0.280. The SMILES string of the molecule is COc1ccc2cc(-c3nncc(-c4cc(C)cc(F)c4)c3N3CCC(N)CC3)[nH]c2c1. The number of nitrogens with zero attached hydrogens (tertiary/aromatic N) is 3. The van der Waals surface area contributed by atoms with E-state index in [4.69, 9.17) is 10.5 Å². The molecule has 6 nitrogen and oxygen atoms in total. The third kappa shape index (κ3) is 3.80. The molecule has 32 heavy (non-hydrogen) atoms. The molecule has 0 saturated carbocycles. The molecule has 0 atom stereocenters. The molecule has 0 aliphatic carbocycles. The Hall–Kier alpha value is -3.45. The van der Waals surface area contributed by atoms with Crippen LogP contribution in [0.1, 0.15) is 18.4 Å². The van der Waals surface area contributed by atoms with Crippen molar-refractivity contribution in [3.05, 3.63) is 60.0 Å². The fourth-order valence-electron chi connectivity index (χ4n) is 4.47. The first-order chi connectivity index (χ1) is 15.5. The van der Waals surface area contributed by atoms with E-state index in [1.807, 2.05) is 31.2 Å². The van der Waals surface area contributed by atoms with Gasteiger partial charge in [0.2, 0.25) is 0 Å². The summed E-state index contributed by atoms with van der Waals surface area (Å²) < 4.78 is 19.7. The molecule has 1 aliphatic heterocycles. The van der Waals surface area contributed by atoms with E-state index < -0.39 is 0 Å². The predicted octanol–water partition coefficient (Wildman–Crippen LogP) is 4.68. The Morgan fingerprint density at radius 2 is 1.94 bits per heavy atom. The minimum atomic E-state index is -0.261. The van der Waals surface area contributed by atoms with Crippen molar-refractivity contribution in [1.29, 1.82) is 0 Å². The lowest BCUT2D eigenvalue weighted by Crippen LogP contribution is -2.40. The normalized spacial score (nSPS) is 14.8. The number of aryl methyl sites for hydroxylation is 1. The van der Waals surface area contributed by atoms with E-state index in [2.05, 4.69) is 26.1 Å². The molecule has 3 heterocycles. The first-order valence-electron chi connectivity index (χ1n) is 10.8. The van der Waals surface area contributed by atoms with Crippen LogP contribution < -0.4 is 15.4 Å². The van der Waals surface area contributed by atoms with Gasteiger partial charge in [0, 0.05) is 41.7 Å². The molecule has 7 heteroatoms. The van der Waals surface area contributed by atoms with Crippen LogP contribution in [0.4, 0.5) is 10.1 Å². The third-order valence-corrected chi connectivity index (χ3v) is 6.12. The van der Waals surface area contributed by atoms with Crippen LogP contribution in [0.2, 0.25) is 0 Å². The van der Waals surface area contributed by atoms with Gasteiger partial charge in [-0.1, -0.05) is 6.07 Å². The number of H-pyrrole nitrogens is 1. The fourth-order valence-corrected chi connectivity index (χ4v) is 4.47. The number of hydrogen-bond donors (Lipinski definition) is 2. The quantitative estimate of drug-likeness (QED) is 0.491.